The Bertz CT molecular complexity index is 658. The second kappa shape index (κ2) is 6.91. The monoisotopic (exact) mass is 277 g/mol. The van der Waals surface area contributed by atoms with Crippen LogP contribution < -0.4 is 5.32 Å². The molecule has 0 radical (unpaired) electrons. The molecule has 1 heterocycles. The van der Waals surface area contributed by atoms with Crippen LogP contribution in [0.2, 0.25) is 0 Å². The van der Waals surface area contributed by atoms with Crippen LogP contribution in [0.4, 0.5) is 0 Å². The first-order valence-electron chi connectivity index (χ1n) is 7.30. The average Bonchev–Trinajstić information content (AvgIpc) is 3.02. The van der Waals surface area contributed by atoms with Crippen molar-refractivity contribution in [3.63, 3.8) is 0 Å². The molecule has 2 nitrogen and oxygen atoms in total. The van der Waals surface area contributed by atoms with Gasteiger partial charge in [-0.3, -0.25) is 0 Å². The van der Waals surface area contributed by atoms with E-state index in [4.69, 9.17) is 4.42 Å². The van der Waals surface area contributed by atoms with Gasteiger partial charge < -0.3 is 9.73 Å². The predicted octanol–water partition coefficient (Wildman–Crippen LogP) is 4.28. The third-order valence-corrected chi connectivity index (χ3v) is 3.45. The molecule has 3 aromatic rings. The van der Waals surface area contributed by atoms with Crippen LogP contribution in [-0.2, 0) is 13.0 Å². The van der Waals surface area contributed by atoms with E-state index in [2.05, 4.69) is 41.7 Å². The Morgan fingerprint density at radius 3 is 2.24 bits per heavy atom. The Kier molecular flexibility index (Phi) is 4.49. The van der Waals surface area contributed by atoms with E-state index in [0.29, 0.717) is 0 Å². The molecule has 106 valence electrons. The summed E-state index contributed by atoms with van der Waals surface area (Å²) in [7, 11) is 0. The minimum atomic E-state index is 0.764. The van der Waals surface area contributed by atoms with Crippen LogP contribution in [0.1, 0.15) is 11.3 Å². The van der Waals surface area contributed by atoms with Crippen LogP contribution >= 0.6 is 0 Å². The van der Waals surface area contributed by atoms with Crippen molar-refractivity contribution in [2.24, 2.45) is 0 Å². The molecule has 0 aliphatic carbocycles. The van der Waals surface area contributed by atoms with Crippen LogP contribution in [0, 0.1) is 0 Å². The van der Waals surface area contributed by atoms with Gasteiger partial charge in [-0.05, 0) is 30.7 Å². The first-order chi connectivity index (χ1) is 10.4. The second-order valence-electron chi connectivity index (χ2n) is 5.04. The van der Waals surface area contributed by atoms with Gasteiger partial charge in [0.05, 0.1) is 6.54 Å². The first kappa shape index (κ1) is 13.7. The molecular formula is C19H19NO. The largest absolute Gasteiger partial charge is 0.460 e. The summed E-state index contributed by atoms with van der Waals surface area (Å²) in [5.74, 6) is 1.90. The quantitative estimate of drug-likeness (QED) is 0.680. The fourth-order valence-electron chi connectivity index (χ4n) is 2.32. The maximum Gasteiger partial charge on any atom is 0.134 e. The Morgan fingerprint density at radius 1 is 0.762 bits per heavy atom. The number of nitrogens with one attached hydrogen (secondary N) is 1. The van der Waals surface area contributed by atoms with Crippen LogP contribution in [0.15, 0.2) is 77.2 Å². The van der Waals surface area contributed by atoms with Crippen molar-refractivity contribution in [3.05, 3.63) is 84.1 Å². The van der Waals surface area contributed by atoms with Gasteiger partial charge in [0.25, 0.3) is 0 Å². The normalized spacial score (nSPS) is 10.7. The van der Waals surface area contributed by atoms with E-state index in [0.717, 1.165) is 36.6 Å². The summed E-state index contributed by atoms with van der Waals surface area (Å²) >= 11 is 0. The Morgan fingerprint density at radius 2 is 1.48 bits per heavy atom. The summed E-state index contributed by atoms with van der Waals surface area (Å²) in [6.07, 6.45) is 1.03. The maximum absolute atomic E-state index is 5.86. The van der Waals surface area contributed by atoms with Crippen molar-refractivity contribution >= 4 is 0 Å². The van der Waals surface area contributed by atoms with Gasteiger partial charge in [0.1, 0.15) is 11.5 Å². The molecule has 0 atom stereocenters. The minimum Gasteiger partial charge on any atom is -0.460 e. The third kappa shape index (κ3) is 3.83. The highest BCUT2D eigenvalue weighted by Gasteiger charge is 2.03. The van der Waals surface area contributed by atoms with Gasteiger partial charge in [-0.25, -0.2) is 0 Å². The van der Waals surface area contributed by atoms with Crippen molar-refractivity contribution in [2.75, 3.05) is 6.54 Å². The van der Waals surface area contributed by atoms with E-state index >= 15 is 0 Å². The van der Waals surface area contributed by atoms with Crippen LogP contribution in [-0.4, -0.2) is 6.54 Å². The van der Waals surface area contributed by atoms with Crippen molar-refractivity contribution in [3.8, 4) is 11.3 Å². The third-order valence-electron chi connectivity index (χ3n) is 3.45. The molecule has 0 saturated carbocycles. The zero-order chi connectivity index (χ0) is 14.3. The summed E-state index contributed by atoms with van der Waals surface area (Å²) in [6, 6.07) is 24.8. The van der Waals surface area contributed by atoms with E-state index in [1.807, 2.05) is 36.4 Å². The van der Waals surface area contributed by atoms with Gasteiger partial charge in [0.2, 0.25) is 0 Å². The molecule has 2 heteroatoms. The Hall–Kier alpha value is -2.32. The van der Waals surface area contributed by atoms with E-state index < -0.39 is 0 Å². The van der Waals surface area contributed by atoms with E-state index in [1.165, 1.54) is 5.56 Å². The van der Waals surface area contributed by atoms with E-state index in [1.54, 1.807) is 0 Å². The average molecular weight is 277 g/mol. The summed E-state index contributed by atoms with van der Waals surface area (Å²) in [4.78, 5) is 0. The smallest absolute Gasteiger partial charge is 0.134 e. The standard InChI is InChI=1S/C19H19NO/c1-3-7-16(8-4-1)13-14-20-15-18-11-12-19(21-18)17-9-5-2-6-10-17/h1-12,20H,13-15H2. The highest BCUT2D eigenvalue weighted by molar-refractivity contribution is 5.57. The van der Waals surface area contributed by atoms with Crippen LogP contribution in [0.3, 0.4) is 0 Å². The van der Waals surface area contributed by atoms with Gasteiger partial charge >= 0.3 is 0 Å². The van der Waals surface area contributed by atoms with Crippen molar-refractivity contribution < 1.29 is 4.42 Å². The number of benzene rings is 2. The van der Waals surface area contributed by atoms with Crippen molar-refractivity contribution in [2.45, 2.75) is 13.0 Å². The molecule has 0 fully saturated rings. The van der Waals surface area contributed by atoms with Gasteiger partial charge in [-0.15, -0.1) is 0 Å². The molecule has 0 aliphatic rings. The zero-order valence-electron chi connectivity index (χ0n) is 12.0. The van der Waals surface area contributed by atoms with Crippen molar-refractivity contribution in [1.82, 2.24) is 5.32 Å². The summed E-state index contributed by atoms with van der Waals surface area (Å²) in [6.45, 7) is 1.71. The van der Waals surface area contributed by atoms with Gasteiger partial charge in [0.15, 0.2) is 0 Å². The molecule has 21 heavy (non-hydrogen) atoms. The summed E-state index contributed by atoms with van der Waals surface area (Å²) < 4.78 is 5.86. The lowest BCUT2D eigenvalue weighted by Gasteiger charge is -2.03. The van der Waals surface area contributed by atoms with Crippen molar-refractivity contribution in [1.29, 1.82) is 0 Å². The van der Waals surface area contributed by atoms with E-state index in [9.17, 15) is 0 Å². The molecule has 0 aliphatic heterocycles. The SMILES string of the molecule is c1ccc(CCNCc2ccc(-c3ccccc3)o2)cc1. The molecule has 0 unspecified atom stereocenters. The number of furan rings is 1. The first-order valence-corrected chi connectivity index (χ1v) is 7.30. The lowest BCUT2D eigenvalue weighted by atomic mass is 10.1. The summed E-state index contributed by atoms with van der Waals surface area (Å²) in [5, 5.41) is 3.42. The predicted molar refractivity (Wildman–Crippen MR) is 86.0 cm³/mol. The topological polar surface area (TPSA) is 25.2 Å². The van der Waals surface area contributed by atoms with Crippen LogP contribution in [0.25, 0.3) is 11.3 Å². The van der Waals surface area contributed by atoms with Crippen LogP contribution in [0.5, 0.6) is 0 Å². The molecular weight excluding hydrogens is 258 g/mol. The van der Waals surface area contributed by atoms with Gasteiger partial charge in [0, 0.05) is 5.56 Å². The van der Waals surface area contributed by atoms with Gasteiger partial charge in [-0.2, -0.15) is 0 Å². The highest BCUT2D eigenvalue weighted by Crippen LogP contribution is 2.21. The zero-order valence-corrected chi connectivity index (χ0v) is 12.0. The second-order valence-corrected chi connectivity index (χ2v) is 5.04. The molecule has 3 rings (SSSR count). The Labute approximate surface area is 125 Å². The fourth-order valence-corrected chi connectivity index (χ4v) is 2.32. The molecule has 0 amide bonds. The molecule has 1 aromatic heterocycles. The molecule has 0 bridgehead atoms. The molecule has 1 N–H and O–H groups in total. The summed E-state index contributed by atoms with van der Waals surface area (Å²) in [5.41, 5.74) is 2.47. The molecule has 0 saturated heterocycles. The number of rotatable bonds is 6. The molecule has 0 spiro atoms. The lowest BCUT2D eigenvalue weighted by molar-refractivity contribution is 0.495. The number of hydrogen-bond acceptors (Lipinski definition) is 2. The number of hydrogen-bond donors (Lipinski definition) is 1. The minimum absolute atomic E-state index is 0.764. The highest BCUT2D eigenvalue weighted by atomic mass is 16.3. The fraction of sp³-hybridized carbons (Fsp3) is 0.158. The Balaban J connectivity index is 1.49. The lowest BCUT2D eigenvalue weighted by Crippen LogP contribution is -2.16. The van der Waals surface area contributed by atoms with E-state index in [-0.39, 0.29) is 0 Å². The molecule has 2 aromatic carbocycles. The van der Waals surface area contributed by atoms with Gasteiger partial charge in [-0.1, -0.05) is 60.7 Å². The maximum atomic E-state index is 5.86.